The van der Waals surface area contributed by atoms with Crippen molar-refractivity contribution >= 4 is 5.84 Å². The van der Waals surface area contributed by atoms with Gasteiger partial charge in [0.15, 0.2) is 0 Å². The number of pyridine rings is 1. The maximum atomic E-state index is 10.1. The predicted molar refractivity (Wildman–Crippen MR) is 70.4 cm³/mol. The summed E-state index contributed by atoms with van der Waals surface area (Å²) in [5, 5.41) is 17.4. The van der Waals surface area contributed by atoms with E-state index in [0.717, 1.165) is 31.5 Å². The van der Waals surface area contributed by atoms with Crippen molar-refractivity contribution in [3.05, 3.63) is 29.6 Å². The van der Waals surface area contributed by atoms with Gasteiger partial charge in [-0.2, -0.15) is 0 Å². The Balaban J connectivity index is 2.05. The SMILES string of the molecule is CC1(O)CCCN(Cc2ccnc(C(=N)N)c2)C1. The molecule has 0 amide bonds. The van der Waals surface area contributed by atoms with Crippen LogP contribution in [0, 0.1) is 5.41 Å². The Labute approximate surface area is 107 Å². The molecule has 1 aliphatic heterocycles. The molecule has 2 rings (SSSR count). The number of aliphatic hydroxyl groups is 1. The highest BCUT2D eigenvalue weighted by Crippen LogP contribution is 2.21. The van der Waals surface area contributed by atoms with E-state index in [-0.39, 0.29) is 5.84 Å². The van der Waals surface area contributed by atoms with Crippen molar-refractivity contribution in [1.82, 2.24) is 9.88 Å². The zero-order chi connectivity index (χ0) is 13.2. The van der Waals surface area contributed by atoms with Crippen LogP contribution in [0.2, 0.25) is 0 Å². The van der Waals surface area contributed by atoms with Crippen LogP contribution in [0.1, 0.15) is 31.0 Å². The van der Waals surface area contributed by atoms with Gasteiger partial charge in [0.2, 0.25) is 0 Å². The molecule has 1 aliphatic rings. The number of likely N-dealkylation sites (tertiary alicyclic amines) is 1. The lowest BCUT2D eigenvalue weighted by molar-refractivity contribution is -0.0181. The van der Waals surface area contributed by atoms with E-state index in [1.807, 2.05) is 19.1 Å². The van der Waals surface area contributed by atoms with Crippen LogP contribution in [0.25, 0.3) is 0 Å². The number of aromatic nitrogens is 1. The number of β-amino-alcohol motifs (C(OH)–C–C–N with tert-alkyl or cyclic N) is 1. The molecule has 18 heavy (non-hydrogen) atoms. The minimum absolute atomic E-state index is 0.0116. The maximum Gasteiger partial charge on any atom is 0.141 e. The Bertz CT molecular complexity index is 444. The maximum absolute atomic E-state index is 10.1. The molecule has 4 N–H and O–H groups in total. The third-order valence-corrected chi connectivity index (χ3v) is 3.26. The fraction of sp³-hybridized carbons (Fsp3) is 0.538. The number of nitrogen functional groups attached to an aromatic ring is 1. The number of amidine groups is 1. The number of nitrogens with two attached hydrogens (primary N) is 1. The number of hydrogen-bond donors (Lipinski definition) is 3. The summed E-state index contributed by atoms with van der Waals surface area (Å²) in [5.74, 6) is -0.0116. The average Bonchev–Trinajstić information content (AvgIpc) is 2.28. The second kappa shape index (κ2) is 5.04. The molecule has 5 heteroatoms. The van der Waals surface area contributed by atoms with Crippen LogP contribution < -0.4 is 5.73 Å². The molecule has 1 aromatic rings. The van der Waals surface area contributed by atoms with Crippen molar-refractivity contribution in [2.24, 2.45) is 5.73 Å². The second-order valence-corrected chi connectivity index (χ2v) is 5.27. The van der Waals surface area contributed by atoms with E-state index >= 15 is 0 Å². The Hall–Kier alpha value is -1.46. The average molecular weight is 248 g/mol. The highest BCUT2D eigenvalue weighted by molar-refractivity contribution is 5.93. The van der Waals surface area contributed by atoms with Crippen LogP contribution in [0.4, 0.5) is 0 Å². The van der Waals surface area contributed by atoms with Crippen LogP contribution in [-0.2, 0) is 6.54 Å². The fourth-order valence-corrected chi connectivity index (χ4v) is 2.44. The summed E-state index contributed by atoms with van der Waals surface area (Å²) >= 11 is 0. The van der Waals surface area contributed by atoms with Gasteiger partial charge in [-0.05, 0) is 44.0 Å². The molecule has 0 saturated carbocycles. The van der Waals surface area contributed by atoms with E-state index in [1.54, 1.807) is 6.20 Å². The molecule has 5 nitrogen and oxygen atoms in total. The van der Waals surface area contributed by atoms with E-state index in [9.17, 15) is 5.11 Å². The van der Waals surface area contributed by atoms with Crippen LogP contribution in [0.3, 0.4) is 0 Å². The second-order valence-electron chi connectivity index (χ2n) is 5.27. The van der Waals surface area contributed by atoms with E-state index in [1.165, 1.54) is 0 Å². The Morgan fingerprint density at radius 1 is 1.67 bits per heavy atom. The molecule has 0 bridgehead atoms. The van der Waals surface area contributed by atoms with E-state index in [2.05, 4.69) is 9.88 Å². The standard InChI is InChI=1S/C13H20N4O/c1-13(18)4-2-6-17(9-13)8-10-3-5-16-11(7-10)12(14)15/h3,5,7,18H,2,4,6,8-9H2,1H3,(H3,14,15). The summed E-state index contributed by atoms with van der Waals surface area (Å²) in [7, 11) is 0. The van der Waals surface area contributed by atoms with Crippen LogP contribution in [0.15, 0.2) is 18.3 Å². The predicted octanol–water partition coefficient (Wildman–Crippen LogP) is 0.712. The van der Waals surface area contributed by atoms with Crippen molar-refractivity contribution in [2.45, 2.75) is 31.9 Å². The van der Waals surface area contributed by atoms with Crippen molar-refractivity contribution in [3.63, 3.8) is 0 Å². The van der Waals surface area contributed by atoms with Crippen molar-refractivity contribution in [2.75, 3.05) is 13.1 Å². The summed E-state index contributed by atoms with van der Waals surface area (Å²) in [5.41, 5.74) is 6.42. The molecular formula is C13H20N4O. The zero-order valence-electron chi connectivity index (χ0n) is 10.7. The zero-order valence-corrected chi connectivity index (χ0v) is 10.7. The number of hydrogen-bond acceptors (Lipinski definition) is 4. The largest absolute Gasteiger partial charge is 0.389 e. The Kier molecular flexibility index (Phi) is 3.63. The molecule has 1 unspecified atom stereocenters. The Morgan fingerprint density at radius 3 is 3.11 bits per heavy atom. The first-order valence-electron chi connectivity index (χ1n) is 6.20. The number of piperidine rings is 1. The summed E-state index contributed by atoms with van der Waals surface area (Å²) in [6, 6.07) is 3.77. The smallest absolute Gasteiger partial charge is 0.141 e. The van der Waals surface area contributed by atoms with Gasteiger partial charge in [0.25, 0.3) is 0 Å². The van der Waals surface area contributed by atoms with E-state index in [0.29, 0.717) is 12.2 Å². The minimum Gasteiger partial charge on any atom is -0.389 e. The van der Waals surface area contributed by atoms with Gasteiger partial charge in [0, 0.05) is 19.3 Å². The fourth-order valence-electron chi connectivity index (χ4n) is 2.44. The van der Waals surface area contributed by atoms with Gasteiger partial charge in [-0.1, -0.05) is 0 Å². The van der Waals surface area contributed by atoms with Gasteiger partial charge in [-0.15, -0.1) is 0 Å². The topological polar surface area (TPSA) is 86.2 Å². The minimum atomic E-state index is -0.589. The normalized spacial score (nSPS) is 25.0. The van der Waals surface area contributed by atoms with Crippen LogP contribution in [0.5, 0.6) is 0 Å². The molecule has 0 radical (unpaired) electrons. The summed E-state index contributed by atoms with van der Waals surface area (Å²) in [4.78, 5) is 6.27. The highest BCUT2D eigenvalue weighted by Gasteiger charge is 2.28. The molecule has 98 valence electrons. The summed E-state index contributed by atoms with van der Waals surface area (Å²) in [6.07, 6.45) is 3.55. The lowest BCUT2D eigenvalue weighted by Gasteiger charge is -2.36. The summed E-state index contributed by atoms with van der Waals surface area (Å²) in [6.45, 7) is 4.32. The molecule has 1 aromatic heterocycles. The third-order valence-electron chi connectivity index (χ3n) is 3.26. The van der Waals surface area contributed by atoms with E-state index in [4.69, 9.17) is 11.1 Å². The first kappa shape index (κ1) is 13.0. The lowest BCUT2D eigenvalue weighted by atomic mass is 9.95. The van der Waals surface area contributed by atoms with Crippen LogP contribution in [-0.4, -0.2) is 39.5 Å². The highest BCUT2D eigenvalue weighted by atomic mass is 16.3. The van der Waals surface area contributed by atoms with Gasteiger partial charge in [0.05, 0.1) is 5.60 Å². The Morgan fingerprint density at radius 2 is 2.44 bits per heavy atom. The number of nitrogens with one attached hydrogen (secondary N) is 1. The molecule has 1 fully saturated rings. The van der Waals surface area contributed by atoms with Gasteiger partial charge in [0.1, 0.15) is 11.5 Å². The lowest BCUT2D eigenvalue weighted by Crippen LogP contribution is -2.45. The molecule has 1 atom stereocenters. The van der Waals surface area contributed by atoms with Gasteiger partial charge >= 0.3 is 0 Å². The van der Waals surface area contributed by atoms with Gasteiger partial charge in [-0.3, -0.25) is 15.3 Å². The molecule has 0 aromatic carbocycles. The molecule has 2 heterocycles. The first-order valence-corrected chi connectivity index (χ1v) is 6.20. The first-order chi connectivity index (χ1) is 8.46. The quantitative estimate of drug-likeness (QED) is 0.543. The van der Waals surface area contributed by atoms with Crippen LogP contribution >= 0.6 is 0 Å². The number of rotatable bonds is 3. The van der Waals surface area contributed by atoms with Gasteiger partial charge < -0.3 is 10.8 Å². The monoisotopic (exact) mass is 248 g/mol. The molecule has 0 spiro atoms. The molecule has 0 aliphatic carbocycles. The van der Waals surface area contributed by atoms with Crippen molar-refractivity contribution < 1.29 is 5.11 Å². The van der Waals surface area contributed by atoms with Gasteiger partial charge in [-0.25, -0.2) is 0 Å². The van der Waals surface area contributed by atoms with Crippen molar-refractivity contribution in [3.8, 4) is 0 Å². The third kappa shape index (κ3) is 3.27. The molecular weight excluding hydrogens is 228 g/mol. The molecule has 1 saturated heterocycles. The number of nitrogens with zero attached hydrogens (tertiary/aromatic N) is 2. The van der Waals surface area contributed by atoms with E-state index < -0.39 is 5.60 Å². The summed E-state index contributed by atoms with van der Waals surface area (Å²) < 4.78 is 0. The van der Waals surface area contributed by atoms with Crippen molar-refractivity contribution in [1.29, 1.82) is 5.41 Å².